The summed E-state index contributed by atoms with van der Waals surface area (Å²) in [5.74, 6) is -0.842. The molecule has 2 aromatic heterocycles. The zero-order valence-electron chi connectivity index (χ0n) is 15.6. The highest BCUT2D eigenvalue weighted by molar-refractivity contribution is 7.69. The maximum Gasteiger partial charge on any atom is 0.251 e. The molecule has 29 heavy (non-hydrogen) atoms. The van der Waals surface area contributed by atoms with Gasteiger partial charge in [0.25, 0.3) is 5.91 Å². The minimum absolute atomic E-state index is 0.252. The number of carbonyl (C=O) groups excluding carboxylic acids is 1. The second-order valence-corrected chi connectivity index (χ2v) is 7.75. The average molecular weight is 414 g/mol. The third-order valence-electron chi connectivity index (χ3n) is 5.04. The molecule has 2 N–H and O–H groups in total. The monoisotopic (exact) mass is 414 g/mol. The third-order valence-corrected chi connectivity index (χ3v) is 5.87. The number of benzene rings is 1. The molecule has 1 aromatic carbocycles. The van der Waals surface area contributed by atoms with Crippen LogP contribution in [0.3, 0.4) is 0 Å². The van der Waals surface area contributed by atoms with Gasteiger partial charge < -0.3 is 10.3 Å². The lowest BCUT2D eigenvalue weighted by Gasteiger charge is -2.19. The highest BCUT2D eigenvalue weighted by Crippen LogP contribution is 2.33. The average Bonchev–Trinajstić information content (AvgIpc) is 3.17. The molecule has 4 rings (SSSR count). The minimum Gasteiger partial charge on any atom is -0.355 e. The molecule has 0 saturated carbocycles. The van der Waals surface area contributed by atoms with Gasteiger partial charge in [-0.1, -0.05) is 12.1 Å². The van der Waals surface area contributed by atoms with E-state index >= 15 is 0 Å². The van der Waals surface area contributed by atoms with Crippen LogP contribution >= 0.6 is 0 Å². The van der Waals surface area contributed by atoms with E-state index in [2.05, 4.69) is 15.3 Å². The fraction of sp³-hybridized carbons (Fsp3) is 0.200. The van der Waals surface area contributed by atoms with E-state index in [1.165, 1.54) is 17.4 Å². The van der Waals surface area contributed by atoms with Crippen LogP contribution in [0.1, 0.15) is 22.5 Å². The molecule has 0 bridgehead atoms. The topological polar surface area (TPSA) is 95.2 Å². The molecule has 1 aliphatic rings. The predicted octanol–water partition coefficient (Wildman–Crippen LogP) is 2.34. The van der Waals surface area contributed by atoms with Gasteiger partial charge in [0.05, 0.1) is 0 Å². The van der Waals surface area contributed by atoms with Gasteiger partial charge in [-0.05, 0) is 41.8 Å². The number of pyridine rings is 1. The highest BCUT2D eigenvalue weighted by atomic mass is 32.2. The van der Waals surface area contributed by atoms with Gasteiger partial charge in [-0.15, -0.1) is 0 Å². The Morgan fingerprint density at radius 1 is 1.24 bits per heavy atom. The first-order valence-electron chi connectivity index (χ1n) is 9.06. The lowest BCUT2D eigenvalue weighted by molar-refractivity contribution is 0.0962. The van der Waals surface area contributed by atoms with Crippen molar-refractivity contribution < 1.29 is 17.6 Å². The molecule has 1 amide bonds. The Bertz CT molecular complexity index is 1210. The van der Waals surface area contributed by atoms with Crippen molar-refractivity contribution in [1.82, 2.24) is 19.6 Å². The maximum atomic E-state index is 14.8. The lowest BCUT2D eigenvalue weighted by atomic mass is 10.00. The van der Waals surface area contributed by atoms with Crippen molar-refractivity contribution in [2.75, 3.05) is 20.1 Å². The van der Waals surface area contributed by atoms with Crippen LogP contribution in [0.15, 0.2) is 42.6 Å². The van der Waals surface area contributed by atoms with Crippen LogP contribution in [-0.4, -0.2) is 48.7 Å². The Kier molecular flexibility index (Phi) is 5.16. The van der Waals surface area contributed by atoms with Crippen LogP contribution in [0.25, 0.3) is 27.7 Å². The number of amides is 1. The van der Waals surface area contributed by atoms with Gasteiger partial charge in [0.1, 0.15) is 11.5 Å². The van der Waals surface area contributed by atoms with E-state index in [9.17, 15) is 17.6 Å². The number of carbonyl (C=O) groups is 1. The van der Waals surface area contributed by atoms with E-state index < -0.39 is 16.7 Å². The summed E-state index contributed by atoms with van der Waals surface area (Å²) in [6.45, 7) is 0.759. The van der Waals surface area contributed by atoms with Crippen molar-refractivity contribution in [3.63, 3.8) is 0 Å². The van der Waals surface area contributed by atoms with Crippen LogP contribution in [0.4, 0.5) is 4.39 Å². The Morgan fingerprint density at radius 3 is 2.72 bits per heavy atom. The molecule has 0 fully saturated rings. The molecular formula is C20H19FN4O3S. The minimum atomic E-state index is -2.58. The maximum absolute atomic E-state index is 14.8. The van der Waals surface area contributed by atoms with Gasteiger partial charge in [-0.3, -0.25) is 4.79 Å². The molecule has 0 radical (unpaired) electrons. The molecular weight excluding hydrogens is 395 g/mol. The first-order valence-corrected chi connectivity index (χ1v) is 10.2. The van der Waals surface area contributed by atoms with Crippen molar-refractivity contribution in [3.05, 3.63) is 59.7 Å². The van der Waals surface area contributed by atoms with Gasteiger partial charge in [0.2, 0.25) is 10.9 Å². The summed E-state index contributed by atoms with van der Waals surface area (Å²) in [5, 5.41) is 3.24. The van der Waals surface area contributed by atoms with E-state index in [0.717, 1.165) is 16.7 Å². The van der Waals surface area contributed by atoms with E-state index in [-0.39, 0.29) is 11.5 Å². The quantitative estimate of drug-likeness (QED) is 0.571. The molecule has 0 unspecified atom stereocenters. The number of fused-ring (bicyclic) bond motifs is 1. The van der Waals surface area contributed by atoms with Crippen LogP contribution in [0.2, 0.25) is 0 Å². The number of nitrogens with one attached hydrogen (secondary N) is 2. The van der Waals surface area contributed by atoms with Crippen LogP contribution < -0.4 is 5.32 Å². The SMILES string of the molecule is CNC(=O)c1ccc(-c2ccnc3[nH]c(C4=CCN([SH](=O)=O)CC4)cc23)c(F)c1. The molecule has 0 atom stereocenters. The van der Waals surface area contributed by atoms with Gasteiger partial charge in [-0.2, -0.15) is 0 Å². The van der Waals surface area contributed by atoms with Gasteiger partial charge in [-0.25, -0.2) is 22.1 Å². The molecule has 7 nitrogen and oxygen atoms in total. The fourth-order valence-corrected chi connectivity index (χ4v) is 3.98. The first kappa shape index (κ1) is 19.3. The lowest BCUT2D eigenvalue weighted by Crippen LogP contribution is -2.26. The molecule has 0 spiro atoms. The molecule has 9 heteroatoms. The number of H-pyrrole nitrogens is 1. The second-order valence-electron chi connectivity index (χ2n) is 6.71. The molecule has 3 heterocycles. The summed E-state index contributed by atoms with van der Waals surface area (Å²) in [5.41, 5.74) is 3.75. The fourth-order valence-electron chi connectivity index (χ4n) is 3.51. The summed E-state index contributed by atoms with van der Waals surface area (Å²) >= 11 is 0. The predicted molar refractivity (Wildman–Crippen MR) is 109 cm³/mol. The van der Waals surface area contributed by atoms with Crippen molar-refractivity contribution in [2.45, 2.75) is 6.42 Å². The smallest absolute Gasteiger partial charge is 0.251 e. The van der Waals surface area contributed by atoms with Crippen molar-refractivity contribution >= 4 is 33.4 Å². The standard InChI is InChI=1S/C20H19FN4O3S/c1-22-20(26)13-2-3-15(17(21)10-13)14-4-7-23-19-16(14)11-18(24-19)12-5-8-25(9-6-12)29(27)28/h2-5,7,10-11,29H,6,8-9H2,1H3,(H,22,26)(H,23,24). The number of halogens is 1. The Labute approximate surface area is 168 Å². The molecule has 0 saturated heterocycles. The molecule has 3 aromatic rings. The second kappa shape index (κ2) is 7.76. The number of hydrogen-bond acceptors (Lipinski definition) is 4. The van der Waals surface area contributed by atoms with E-state index in [1.807, 2.05) is 12.1 Å². The number of rotatable bonds is 4. The van der Waals surface area contributed by atoms with E-state index in [0.29, 0.717) is 36.3 Å². The Balaban J connectivity index is 1.74. The van der Waals surface area contributed by atoms with Crippen LogP contribution in [-0.2, 0) is 10.9 Å². The van der Waals surface area contributed by atoms with Crippen LogP contribution in [0.5, 0.6) is 0 Å². The largest absolute Gasteiger partial charge is 0.355 e. The Morgan fingerprint density at radius 2 is 2.07 bits per heavy atom. The van der Waals surface area contributed by atoms with Crippen molar-refractivity contribution in [1.29, 1.82) is 0 Å². The summed E-state index contributed by atoms with van der Waals surface area (Å²) < 4.78 is 38.4. The zero-order valence-corrected chi connectivity index (χ0v) is 16.5. The summed E-state index contributed by atoms with van der Waals surface area (Å²) in [6.07, 6.45) is 4.06. The first-order chi connectivity index (χ1) is 14.0. The number of aromatic amines is 1. The molecule has 150 valence electrons. The number of hydrogen-bond donors (Lipinski definition) is 3. The molecule has 1 aliphatic heterocycles. The zero-order chi connectivity index (χ0) is 20.5. The summed E-state index contributed by atoms with van der Waals surface area (Å²) in [4.78, 5) is 19.3. The van der Waals surface area contributed by atoms with Gasteiger partial charge in [0, 0.05) is 48.5 Å². The number of aromatic nitrogens is 2. The highest BCUT2D eigenvalue weighted by Gasteiger charge is 2.18. The van der Waals surface area contributed by atoms with Gasteiger partial charge in [0.15, 0.2) is 0 Å². The Hall–Kier alpha value is -3.04. The summed E-state index contributed by atoms with van der Waals surface area (Å²) in [7, 11) is -1.08. The van der Waals surface area contributed by atoms with Crippen molar-refractivity contribution in [2.24, 2.45) is 0 Å². The van der Waals surface area contributed by atoms with Gasteiger partial charge >= 0.3 is 0 Å². The number of thiol groups is 1. The van der Waals surface area contributed by atoms with E-state index in [4.69, 9.17) is 0 Å². The van der Waals surface area contributed by atoms with E-state index in [1.54, 1.807) is 24.4 Å². The summed E-state index contributed by atoms with van der Waals surface area (Å²) in [6, 6.07) is 8.03. The third kappa shape index (κ3) is 3.66. The number of nitrogens with zero attached hydrogens (tertiary/aromatic N) is 2. The van der Waals surface area contributed by atoms with Crippen LogP contribution in [0, 0.1) is 5.82 Å². The van der Waals surface area contributed by atoms with Crippen molar-refractivity contribution in [3.8, 4) is 11.1 Å². The normalized spacial score (nSPS) is 14.9. The molecule has 0 aliphatic carbocycles.